The summed E-state index contributed by atoms with van der Waals surface area (Å²) in [5.74, 6) is -0.992. The van der Waals surface area contributed by atoms with Gasteiger partial charge >= 0.3 is 11.9 Å². The lowest BCUT2D eigenvalue weighted by Gasteiger charge is -2.25. The zero-order chi connectivity index (χ0) is 22.8. The Balaban J connectivity index is 2.16. The van der Waals surface area contributed by atoms with Crippen LogP contribution in [0.1, 0.15) is 39.5 Å². The first-order valence-electron chi connectivity index (χ1n) is 10.9. The van der Waals surface area contributed by atoms with Crippen LogP contribution in [0, 0.1) is 11.8 Å². The van der Waals surface area contributed by atoms with Gasteiger partial charge in [0, 0.05) is 39.0 Å². The summed E-state index contributed by atoms with van der Waals surface area (Å²) in [6.45, 7) is 4.62. The van der Waals surface area contributed by atoms with Crippen LogP contribution in [0.25, 0.3) is 0 Å². The summed E-state index contributed by atoms with van der Waals surface area (Å²) < 4.78 is 21.7. The van der Waals surface area contributed by atoms with Crippen LogP contribution in [0.5, 0.6) is 0 Å². The van der Waals surface area contributed by atoms with Gasteiger partial charge in [0.2, 0.25) is 5.91 Å². The monoisotopic (exact) mass is 437 g/mol. The highest BCUT2D eigenvalue weighted by atomic mass is 16.6. The number of carbonyl (C=O) groups excluding carboxylic acids is 3. The smallest absolute Gasteiger partial charge is 0.328 e. The Kier molecular flexibility index (Phi) is 10.2. The van der Waals surface area contributed by atoms with E-state index in [-0.39, 0.29) is 62.0 Å². The lowest BCUT2D eigenvalue weighted by Crippen LogP contribution is -2.42. The molecule has 1 fully saturated rings. The summed E-state index contributed by atoms with van der Waals surface area (Å²) in [4.78, 5) is 39.0. The number of amides is 1. The van der Waals surface area contributed by atoms with E-state index in [9.17, 15) is 14.4 Å². The van der Waals surface area contributed by atoms with Crippen molar-refractivity contribution in [3.63, 3.8) is 0 Å². The summed E-state index contributed by atoms with van der Waals surface area (Å²) in [6.07, 6.45) is 8.26. The van der Waals surface area contributed by atoms with Crippen molar-refractivity contribution in [1.29, 1.82) is 0 Å². The van der Waals surface area contributed by atoms with Crippen LogP contribution in [0.3, 0.4) is 0 Å². The fourth-order valence-electron chi connectivity index (χ4n) is 3.80. The minimum Gasteiger partial charge on any atom is -0.463 e. The van der Waals surface area contributed by atoms with Crippen LogP contribution in [0.2, 0.25) is 0 Å². The van der Waals surface area contributed by atoms with Gasteiger partial charge in [-0.3, -0.25) is 9.59 Å². The minimum atomic E-state index is -0.554. The molecule has 1 amide bonds. The summed E-state index contributed by atoms with van der Waals surface area (Å²) in [7, 11) is 3.12. The van der Waals surface area contributed by atoms with Gasteiger partial charge in [0.25, 0.3) is 0 Å². The maximum Gasteiger partial charge on any atom is 0.328 e. The molecule has 0 aliphatic carbocycles. The number of fused-ring (bicyclic) bond motifs is 1. The molecule has 0 aromatic heterocycles. The van der Waals surface area contributed by atoms with Crippen molar-refractivity contribution in [2.75, 3.05) is 34.0 Å². The first-order chi connectivity index (χ1) is 14.9. The van der Waals surface area contributed by atoms with E-state index in [1.54, 1.807) is 31.3 Å². The topological polar surface area (TPSA) is 91.4 Å². The molecule has 2 aliphatic heterocycles. The maximum absolute atomic E-state index is 12.7. The molecule has 0 spiro atoms. The molecule has 0 radical (unpaired) electrons. The number of ether oxygens (including phenoxy) is 4. The Morgan fingerprint density at radius 3 is 2.10 bits per heavy atom. The molecule has 0 bridgehead atoms. The fourth-order valence-corrected chi connectivity index (χ4v) is 3.80. The second kappa shape index (κ2) is 12.6. The van der Waals surface area contributed by atoms with Crippen LogP contribution in [-0.4, -0.2) is 75.0 Å². The quantitative estimate of drug-likeness (QED) is 0.483. The molecule has 5 atom stereocenters. The number of nitrogens with zero attached hydrogens (tertiary/aromatic N) is 1. The largest absolute Gasteiger partial charge is 0.463 e. The van der Waals surface area contributed by atoms with E-state index >= 15 is 0 Å². The van der Waals surface area contributed by atoms with E-state index in [1.165, 1.54) is 0 Å². The van der Waals surface area contributed by atoms with Crippen molar-refractivity contribution in [2.45, 2.75) is 57.8 Å². The van der Waals surface area contributed by atoms with Crippen molar-refractivity contribution in [1.82, 2.24) is 4.90 Å². The Morgan fingerprint density at radius 2 is 1.48 bits per heavy atom. The van der Waals surface area contributed by atoms with Gasteiger partial charge in [-0.05, 0) is 12.8 Å². The third kappa shape index (κ3) is 7.47. The van der Waals surface area contributed by atoms with Crippen molar-refractivity contribution >= 4 is 17.8 Å². The Morgan fingerprint density at radius 1 is 0.903 bits per heavy atom. The SMILES string of the molecule is CO[C@H]1COC(=O)[C@@H]2CCCN2C(=O)CC=C[C@@H](C)[C@H](OC)COC(=O)CC=C[C@@H]1C. The van der Waals surface area contributed by atoms with E-state index in [0.29, 0.717) is 13.0 Å². The van der Waals surface area contributed by atoms with Gasteiger partial charge < -0.3 is 23.8 Å². The van der Waals surface area contributed by atoms with E-state index in [1.807, 2.05) is 26.0 Å². The van der Waals surface area contributed by atoms with Crippen LogP contribution in [0.15, 0.2) is 24.3 Å². The zero-order valence-corrected chi connectivity index (χ0v) is 19.0. The molecule has 8 heteroatoms. The molecule has 0 N–H and O–H groups in total. The van der Waals surface area contributed by atoms with Crippen LogP contribution >= 0.6 is 0 Å². The molecular weight excluding hydrogens is 402 g/mol. The lowest BCUT2D eigenvalue weighted by molar-refractivity contribution is -0.156. The van der Waals surface area contributed by atoms with Crippen LogP contribution in [0.4, 0.5) is 0 Å². The molecule has 8 nitrogen and oxygen atoms in total. The minimum absolute atomic E-state index is 0.0509. The van der Waals surface area contributed by atoms with Crippen molar-refractivity contribution in [3.05, 3.63) is 24.3 Å². The number of hydrogen-bond donors (Lipinski definition) is 0. The highest BCUT2D eigenvalue weighted by Crippen LogP contribution is 2.21. The van der Waals surface area contributed by atoms with Gasteiger partial charge in [-0.2, -0.15) is 0 Å². The third-order valence-electron chi connectivity index (χ3n) is 5.88. The molecule has 31 heavy (non-hydrogen) atoms. The van der Waals surface area contributed by atoms with Gasteiger partial charge in [-0.15, -0.1) is 0 Å². The Bertz CT molecular complexity index is 675. The van der Waals surface area contributed by atoms with Gasteiger partial charge in [-0.1, -0.05) is 38.2 Å². The molecule has 0 saturated carbocycles. The number of methoxy groups -OCH3 is 2. The first-order valence-corrected chi connectivity index (χ1v) is 10.9. The van der Waals surface area contributed by atoms with E-state index < -0.39 is 12.0 Å². The molecule has 0 unspecified atom stereocenters. The number of cyclic esters (lactones) is 2. The molecule has 1 saturated heterocycles. The lowest BCUT2D eigenvalue weighted by atomic mass is 10.0. The molecule has 2 aliphatic rings. The molecule has 0 aromatic rings. The third-order valence-corrected chi connectivity index (χ3v) is 5.88. The molecule has 2 heterocycles. The predicted molar refractivity (Wildman–Crippen MR) is 114 cm³/mol. The van der Waals surface area contributed by atoms with Gasteiger partial charge in [0.15, 0.2) is 0 Å². The highest BCUT2D eigenvalue weighted by molar-refractivity contribution is 5.85. The predicted octanol–water partition coefficient (Wildman–Crippen LogP) is 2.27. The summed E-state index contributed by atoms with van der Waals surface area (Å²) in [5.41, 5.74) is 0. The van der Waals surface area contributed by atoms with Gasteiger partial charge in [-0.25, -0.2) is 4.79 Å². The van der Waals surface area contributed by atoms with Gasteiger partial charge in [0.05, 0.1) is 18.6 Å². The number of esters is 2. The standard InChI is InChI=1S/C23H35NO7/c1-16-8-5-11-21(25)24-13-7-10-18(24)23(27)31-15-20(29-4)17(2)9-6-12-22(26)30-14-19(16)28-3/h5-6,8-9,16-20H,7,10-15H2,1-4H3/t16-,17+,18+,19-,20+/m1/s1. The van der Waals surface area contributed by atoms with E-state index in [2.05, 4.69) is 0 Å². The summed E-state index contributed by atoms with van der Waals surface area (Å²) >= 11 is 0. The van der Waals surface area contributed by atoms with Gasteiger partial charge in [0.1, 0.15) is 19.3 Å². The van der Waals surface area contributed by atoms with Crippen molar-refractivity contribution in [2.24, 2.45) is 11.8 Å². The molecule has 0 aromatic carbocycles. The molecule has 174 valence electrons. The number of hydrogen-bond acceptors (Lipinski definition) is 7. The molecule has 2 rings (SSSR count). The summed E-state index contributed by atoms with van der Waals surface area (Å²) in [5, 5.41) is 0. The highest BCUT2D eigenvalue weighted by Gasteiger charge is 2.35. The second-order valence-corrected chi connectivity index (χ2v) is 8.09. The second-order valence-electron chi connectivity index (χ2n) is 8.09. The first kappa shape index (κ1) is 25.1. The van der Waals surface area contributed by atoms with Crippen LogP contribution in [-0.2, 0) is 33.3 Å². The number of rotatable bonds is 2. The summed E-state index contributed by atoms with van der Waals surface area (Å²) in [6, 6.07) is -0.554. The Labute approximate surface area is 184 Å². The average molecular weight is 438 g/mol. The normalized spacial score (nSPS) is 31.9. The fraction of sp³-hybridized carbons (Fsp3) is 0.696. The van der Waals surface area contributed by atoms with E-state index in [4.69, 9.17) is 18.9 Å². The maximum atomic E-state index is 12.7. The average Bonchev–Trinajstić information content (AvgIpc) is 3.24. The number of carbonyl (C=O) groups is 3. The Hall–Kier alpha value is -2.19. The van der Waals surface area contributed by atoms with Crippen molar-refractivity contribution < 1.29 is 33.3 Å². The van der Waals surface area contributed by atoms with Crippen molar-refractivity contribution in [3.8, 4) is 0 Å². The van der Waals surface area contributed by atoms with Crippen LogP contribution < -0.4 is 0 Å². The molecular formula is C23H35NO7. The van der Waals surface area contributed by atoms with E-state index in [0.717, 1.165) is 6.42 Å². The zero-order valence-electron chi connectivity index (χ0n) is 19.0.